The molecule has 4 N–H and O–H groups in total. The molecule has 0 saturated carbocycles. The summed E-state index contributed by atoms with van der Waals surface area (Å²) in [5.41, 5.74) is 0. The van der Waals surface area contributed by atoms with Gasteiger partial charge >= 0.3 is 12.0 Å². The van der Waals surface area contributed by atoms with Crippen LogP contribution in [-0.4, -0.2) is 41.0 Å². The Hall–Kier alpha value is -2.38. The number of amides is 4. The predicted octanol–water partition coefficient (Wildman–Crippen LogP) is -0.880. The molecule has 1 saturated heterocycles. The second kappa shape index (κ2) is 5.72. The minimum atomic E-state index is -0.934. The highest BCUT2D eigenvalue weighted by Gasteiger charge is 2.29. The lowest BCUT2D eigenvalue weighted by molar-refractivity contribution is -0.140. The summed E-state index contributed by atoms with van der Waals surface area (Å²) < 4.78 is 0. The first-order chi connectivity index (χ1) is 9.45. The van der Waals surface area contributed by atoms with Gasteiger partial charge in [0.25, 0.3) is 0 Å². The van der Waals surface area contributed by atoms with Crippen molar-refractivity contribution in [2.75, 3.05) is 0 Å². The van der Waals surface area contributed by atoms with Gasteiger partial charge in [-0.25, -0.2) is 4.79 Å². The number of urea groups is 1. The Balaban J connectivity index is 1.79. The van der Waals surface area contributed by atoms with Gasteiger partial charge < -0.3 is 15.7 Å². The van der Waals surface area contributed by atoms with Crippen LogP contribution in [0.4, 0.5) is 4.79 Å². The molecule has 1 aliphatic carbocycles. The zero-order valence-corrected chi connectivity index (χ0v) is 10.6. The Morgan fingerprint density at radius 3 is 2.60 bits per heavy atom. The molecule has 108 valence electrons. The van der Waals surface area contributed by atoms with Crippen molar-refractivity contribution in [3.63, 3.8) is 0 Å². The molecule has 0 spiro atoms. The van der Waals surface area contributed by atoms with Crippen LogP contribution in [0.1, 0.15) is 19.3 Å². The highest BCUT2D eigenvalue weighted by atomic mass is 16.4. The third-order valence-electron chi connectivity index (χ3n) is 3.26. The van der Waals surface area contributed by atoms with Crippen molar-refractivity contribution in [1.29, 1.82) is 0 Å². The Morgan fingerprint density at radius 1 is 1.25 bits per heavy atom. The molecule has 0 aromatic heterocycles. The number of nitrogens with one attached hydrogen (secondary N) is 3. The first-order valence-corrected chi connectivity index (χ1v) is 6.27. The number of carboxylic acid groups (broad SMARTS) is 1. The average molecular weight is 281 g/mol. The van der Waals surface area contributed by atoms with Crippen LogP contribution in [-0.2, 0) is 14.4 Å². The zero-order chi connectivity index (χ0) is 14.7. The van der Waals surface area contributed by atoms with E-state index in [4.69, 9.17) is 5.11 Å². The van der Waals surface area contributed by atoms with E-state index in [0.29, 0.717) is 0 Å². The number of carbonyl (C=O) groups excluding carboxylic acids is 3. The lowest BCUT2D eigenvalue weighted by Gasteiger charge is -2.22. The summed E-state index contributed by atoms with van der Waals surface area (Å²) >= 11 is 0. The highest BCUT2D eigenvalue weighted by Crippen LogP contribution is 2.17. The van der Waals surface area contributed by atoms with E-state index in [1.165, 1.54) is 6.08 Å². The van der Waals surface area contributed by atoms with Crippen molar-refractivity contribution in [2.24, 2.45) is 5.92 Å². The summed E-state index contributed by atoms with van der Waals surface area (Å²) in [5.74, 6) is -2.41. The van der Waals surface area contributed by atoms with E-state index in [0.717, 1.165) is 0 Å². The second-order valence-corrected chi connectivity index (χ2v) is 4.79. The van der Waals surface area contributed by atoms with Gasteiger partial charge in [-0.1, -0.05) is 12.2 Å². The second-order valence-electron chi connectivity index (χ2n) is 4.79. The molecule has 0 radical (unpaired) electrons. The van der Waals surface area contributed by atoms with E-state index >= 15 is 0 Å². The van der Waals surface area contributed by atoms with Crippen molar-refractivity contribution < 1.29 is 24.3 Å². The van der Waals surface area contributed by atoms with Crippen molar-refractivity contribution in [2.45, 2.75) is 31.3 Å². The van der Waals surface area contributed by atoms with Crippen molar-refractivity contribution >= 4 is 23.8 Å². The van der Waals surface area contributed by atoms with E-state index in [-0.39, 0.29) is 31.2 Å². The van der Waals surface area contributed by atoms with E-state index in [1.54, 1.807) is 6.08 Å². The third kappa shape index (κ3) is 3.34. The van der Waals surface area contributed by atoms with Gasteiger partial charge in [0, 0.05) is 6.42 Å². The Morgan fingerprint density at radius 2 is 2.00 bits per heavy atom. The van der Waals surface area contributed by atoms with E-state index in [1.807, 2.05) is 0 Å². The van der Waals surface area contributed by atoms with Gasteiger partial charge in [-0.2, -0.15) is 0 Å². The Kier molecular flexibility index (Phi) is 4.02. The van der Waals surface area contributed by atoms with E-state index in [9.17, 15) is 19.2 Å². The smallest absolute Gasteiger partial charge is 0.315 e. The fourth-order valence-electron chi connectivity index (χ4n) is 2.19. The fraction of sp³-hybridized carbons (Fsp3) is 0.500. The van der Waals surface area contributed by atoms with Gasteiger partial charge in [-0.3, -0.25) is 19.7 Å². The molecular formula is C12H15N3O5. The number of hydrogen-bond acceptors (Lipinski definition) is 4. The number of carboxylic acids is 1. The molecule has 8 heteroatoms. The van der Waals surface area contributed by atoms with Crippen molar-refractivity contribution in [1.82, 2.24) is 16.0 Å². The molecule has 8 nitrogen and oxygen atoms in total. The largest absolute Gasteiger partial charge is 0.481 e. The molecule has 0 bridgehead atoms. The summed E-state index contributed by atoms with van der Waals surface area (Å²) in [7, 11) is 0. The summed E-state index contributed by atoms with van der Waals surface area (Å²) in [6, 6.07) is -1.67. The molecule has 4 amide bonds. The average Bonchev–Trinajstić information content (AvgIpc) is 2.81. The van der Waals surface area contributed by atoms with E-state index in [2.05, 4.69) is 16.0 Å². The molecule has 3 atom stereocenters. The minimum absolute atomic E-state index is 0.182. The number of hydrogen-bond donors (Lipinski definition) is 4. The first kappa shape index (κ1) is 14.0. The predicted molar refractivity (Wildman–Crippen MR) is 66.5 cm³/mol. The molecule has 3 unspecified atom stereocenters. The molecule has 0 aromatic carbocycles. The number of rotatable bonds is 3. The molecule has 1 heterocycles. The van der Waals surface area contributed by atoms with Gasteiger partial charge in [0.2, 0.25) is 11.8 Å². The molecule has 20 heavy (non-hydrogen) atoms. The molecule has 1 aliphatic heterocycles. The Bertz CT molecular complexity index is 487. The summed E-state index contributed by atoms with van der Waals surface area (Å²) in [5, 5.41) is 16.0. The number of aliphatic carboxylic acids is 1. The van der Waals surface area contributed by atoms with Crippen LogP contribution in [0.5, 0.6) is 0 Å². The number of imide groups is 1. The van der Waals surface area contributed by atoms with Gasteiger partial charge in [0.1, 0.15) is 6.04 Å². The molecule has 2 rings (SSSR count). The summed E-state index contributed by atoms with van der Waals surface area (Å²) in [4.78, 5) is 44.9. The number of carbonyl (C=O) groups is 4. The molecule has 2 aliphatic rings. The maximum Gasteiger partial charge on any atom is 0.315 e. The summed E-state index contributed by atoms with van der Waals surface area (Å²) in [6.07, 6.45) is 3.87. The quantitative estimate of drug-likeness (QED) is 0.395. The van der Waals surface area contributed by atoms with Crippen molar-refractivity contribution in [3.05, 3.63) is 12.2 Å². The SMILES string of the molecule is O=C1CCC(NC(=O)NC2C=CC(C(=O)O)C2)C(=O)N1. The normalized spacial score (nSPS) is 28.9. The molecular weight excluding hydrogens is 266 g/mol. The number of piperidine rings is 1. The zero-order valence-electron chi connectivity index (χ0n) is 10.6. The summed E-state index contributed by atoms with van der Waals surface area (Å²) in [6.45, 7) is 0. The standard InChI is InChI=1S/C12H15N3O5/c16-9-4-3-8(10(17)15-9)14-12(20)13-7-2-1-6(5-7)11(18)19/h1-2,6-8H,3-5H2,(H,18,19)(H2,13,14,20)(H,15,16,17). The van der Waals surface area contributed by atoms with Gasteiger partial charge in [-0.05, 0) is 12.8 Å². The molecule has 1 fully saturated rings. The maximum absolute atomic E-state index is 11.7. The van der Waals surface area contributed by atoms with Crippen LogP contribution in [0.25, 0.3) is 0 Å². The van der Waals surface area contributed by atoms with Gasteiger partial charge in [0.15, 0.2) is 0 Å². The molecule has 0 aromatic rings. The van der Waals surface area contributed by atoms with Crippen LogP contribution >= 0.6 is 0 Å². The minimum Gasteiger partial charge on any atom is -0.481 e. The third-order valence-corrected chi connectivity index (χ3v) is 3.26. The van der Waals surface area contributed by atoms with Crippen LogP contribution < -0.4 is 16.0 Å². The maximum atomic E-state index is 11.7. The lowest BCUT2D eigenvalue weighted by atomic mass is 10.1. The van der Waals surface area contributed by atoms with Crippen LogP contribution in [0.2, 0.25) is 0 Å². The van der Waals surface area contributed by atoms with E-state index < -0.39 is 29.9 Å². The lowest BCUT2D eigenvalue weighted by Crippen LogP contribution is -2.55. The van der Waals surface area contributed by atoms with Crippen molar-refractivity contribution in [3.8, 4) is 0 Å². The van der Waals surface area contributed by atoms with Crippen LogP contribution in [0, 0.1) is 5.92 Å². The Labute approximate surface area is 114 Å². The van der Waals surface area contributed by atoms with Gasteiger partial charge in [-0.15, -0.1) is 0 Å². The fourth-order valence-corrected chi connectivity index (χ4v) is 2.19. The van der Waals surface area contributed by atoms with Crippen LogP contribution in [0.15, 0.2) is 12.2 Å². The topological polar surface area (TPSA) is 125 Å². The van der Waals surface area contributed by atoms with Gasteiger partial charge in [0.05, 0.1) is 12.0 Å². The monoisotopic (exact) mass is 281 g/mol. The highest BCUT2D eigenvalue weighted by molar-refractivity contribution is 6.01. The first-order valence-electron chi connectivity index (χ1n) is 6.27. The van der Waals surface area contributed by atoms with Crippen LogP contribution in [0.3, 0.4) is 0 Å².